The van der Waals surface area contributed by atoms with Crippen LogP contribution >= 0.6 is 0 Å². The fourth-order valence-electron chi connectivity index (χ4n) is 3.96. The predicted octanol–water partition coefficient (Wildman–Crippen LogP) is 2.04. The Labute approximate surface area is 205 Å². The minimum atomic E-state index is -0.895. The number of benzene rings is 2. The van der Waals surface area contributed by atoms with Crippen LogP contribution in [0.5, 0.6) is 5.75 Å². The number of ether oxygens (including phenoxy) is 1. The van der Waals surface area contributed by atoms with Gasteiger partial charge in [0, 0.05) is 25.0 Å². The molecule has 2 aromatic rings. The Morgan fingerprint density at radius 3 is 2.51 bits per heavy atom. The first-order valence-electron chi connectivity index (χ1n) is 11.7. The first-order valence-corrected chi connectivity index (χ1v) is 11.7. The summed E-state index contributed by atoms with van der Waals surface area (Å²) in [5.74, 6) is -0.634. The third-order valence-corrected chi connectivity index (χ3v) is 5.89. The van der Waals surface area contributed by atoms with E-state index in [1.807, 2.05) is 42.5 Å². The summed E-state index contributed by atoms with van der Waals surface area (Å²) >= 11 is 0. The molecule has 1 heterocycles. The number of rotatable bonds is 11. The van der Waals surface area contributed by atoms with E-state index in [9.17, 15) is 19.2 Å². The highest BCUT2D eigenvalue weighted by Crippen LogP contribution is 2.17. The molecule has 0 aromatic heterocycles. The van der Waals surface area contributed by atoms with E-state index >= 15 is 0 Å². The second-order valence-corrected chi connectivity index (χ2v) is 8.47. The minimum Gasteiger partial charge on any atom is -0.497 e. The fourth-order valence-corrected chi connectivity index (χ4v) is 3.96. The van der Waals surface area contributed by atoms with Gasteiger partial charge in [0.15, 0.2) is 0 Å². The number of methoxy groups -OCH3 is 1. The number of piperidine rings is 1. The first-order chi connectivity index (χ1) is 17.0. The molecule has 3 N–H and O–H groups in total. The Morgan fingerprint density at radius 2 is 1.86 bits per heavy atom. The number of aldehydes is 1. The van der Waals surface area contributed by atoms with E-state index in [4.69, 9.17) is 4.74 Å². The lowest BCUT2D eigenvalue weighted by Crippen LogP contribution is -2.51. The Balaban J connectivity index is 1.67. The molecule has 0 spiro atoms. The molecule has 35 heavy (non-hydrogen) atoms. The molecule has 8 heteroatoms. The molecule has 1 aliphatic heterocycles. The van der Waals surface area contributed by atoms with Gasteiger partial charge in [-0.3, -0.25) is 14.4 Å². The molecule has 3 atom stereocenters. The van der Waals surface area contributed by atoms with E-state index in [2.05, 4.69) is 16.0 Å². The summed E-state index contributed by atoms with van der Waals surface area (Å²) in [6.45, 7) is 0.628. The third kappa shape index (κ3) is 8.10. The molecule has 1 fully saturated rings. The second-order valence-electron chi connectivity index (χ2n) is 8.47. The molecule has 8 nitrogen and oxygen atoms in total. The average Bonchev–Trinajstić information content (AvgIpc) is 2.88. The summed E-state index contributed by atoms with van der Waals surface area (Å²) < 4.78 is 5.13. The van der Waals surface area contributed by atoms with Crippen molar-refractivity contribution in [1.29, 1.82) is 0 Å². The molecule has 2 aromatic carbocycles. The van der Waals surface area contributed by atoms with Gasteiger partial charge in [-0.05, 0) is 48.6 Å². The molecule has 0 saturated carbocycles. The zero-order valence-corrected chi connectivity index (χ0v) is 19.7. The topological polar surface area (TPSA) is 114 Å². The second kappa shape index (κ2) is 13.1. The minimum absolute atomic E-state index is 0.102. The van der Waals surface area contributed by atoms with E-state index in [0.29, 0.717) is 25.0 Å². The Morgan fingerprint density at radius 1 is 1.11 bits per heavy atom. The molecule has 0 unspecified atom stereocenters. The SMILES string of the molecule is COc1ccc(/C=C/C(=O)N[C@@H](Cc2ccccc2)C(=O)N[C@H](C=O)C[C@@H]2CCCNC2=O)cc1. The van der Waals surface area contributed by atoms with E-state index in [-0.39, 0.29) is 24.7 Å². The summed E-state index contributed by atoms with van der Waals surface area (Å²) in [5, 5.41) is 8.24. The van der Waals surface area contributed by atoms with E-state index < -0.39 is 23.9 Å². The lowest BCUT2D eigenvalue weighted by atomic mass is 9.92. The largest absolute Gasteiger partial charge is 0.497 e. The number of nitrogens with one attached hydrogen (secondary N) is 3. The maximum Gasteiger partial charge on any atom is 0.244 e. The van der Waals surface area contributed by atoms with Crippen LogP contribution in [-0.4, -0.2) is 49.7 Å². The van der Waals surface area contributed by atoms with Crippen LogP contribution in [0.2, 0.25) is 0 Å². The monoisotopic (exact) mass is 477 g/mol. The van der Waals surface area contributed by atoms with Gasteiger partial charge in [-0.15, -0.1) is 0 Å². The van der Waals surface area contributed by atoms with Crippen LogP contribution in [-0.2, 0) is 25.6 Å². The van der Waals surface area contributed by atoms with Crippen molar-refractivity contribution in [3.05, 3.63) is 71.8 Å². The Hall–Kier alpha value is -3.94. The summed E-state index contributed by atoms with van der Waals surface area (Å²) in [7, 11) is 1.58. The summed E-state index contributed by atoms with van der Waals surface area (Å²) in [4.78, 5) is 49.5. The van der Waals surface area contributed by atoms with Gasteiger partial charge in [-0.2, -0.15) is 0 Å². The quantitative estimate of drug-likeness (QED) is 0.339. The van der Waals surface area contributed by atoms with Crippen LogP contribution in [0, 0.1) is 5.92 Å². The van der Waals surface area contributed by atoms with Gasteiger partial charge in [0.25, 0.3) is 0 Å². The number of hydrogen-bond donors (Lipinski definition) is 3. The van der Waals surface area contributed by atoms with Crippen molar-refractivity contribution in [2.24, 2.45) is 5.92 Å². The molecule has 1 aliphatic rings. The van der Waals surface area contributed by atoms with Crippen LogP contribution in [0.15, 0.2) is 60.7 Å². The summed E-state index contributed by atoms with van der Waals surface area (Å²) in [5.41, 5.74) is 1.66. The molecule has 0 radical (unpaired) electrons. The van der Waals surface area contributed by atoms with Gasteiger partial charge in [0.05, 0.1) is 13.2 Å². The standard InChI is InChI=1S/C27H31N3O5/c1-35-23-12-9-19(10-13-23)11-14-25(32)30-24(16-20-6-3-2-4-7-20)27(34)29-22(18-31)17-21-8-5-15-28-26(21)33/h2-4,6-7,9-14,18,21-22,24H,5,8,15-17H2,1H3,(H,28,33)(H,29,34)(H,30,32)/b14-11+/t21-,22-,24-/m0/s1. The average molecular weight is 478 g/mol. The zero-order chi connectivity index (χ0) is 25.0. The van der Waals surface area contributed by atoms with Crippen molar-refractivity contribution >= 4 is 30.1 Å². The highest BCUT2D eigenvalue weighted by Gasteiger charge is 2.28. The van der Waals surface area contributed by atoms with Crippen molar-refractivity contribution in [1.82, 2.24) is 16.0 Å². The van der Waals surface area contributed by atoms with Crippen molar-refractivity contribution < 1.29 is 23.9 Å². The first kappa shape index (κ1) is 25.7. The third-order valence-electron chi connectivity index (χ3n) is 5.89. The van der Waals surface area contributed by atoms with Gasteiger partial charge in [-0.25, -0.2) is 0 Å². The van der Waals surface area contributed by atoms with Crippen molar-refractivity contribution in [2.45, 2.75) is 37.8 Å². The zero-order valence-electron chi connectivity index (χ0n) is 19.7. The normalized spacial score (nSPS) is 17.2. The highest BCUT2D eigenvalue weighted by atomic mass is 16.5. The van der Waals surface area contributed by atoms with Gasteiger partial charge >= 0.3 is 0 Å². The van der Waals surface area contributed by atoms with E-state index in [1.54, 1.807) is 25.3 Å². The Bertz CT molecular complexity index is 1040. The molecule has 1 saturated heterocycles. The molecule has 3 amide bonds. The number of hydrogen-bond acceptors (Lipinski definition) is 5. The lowest BCUT2D eigenvalue weighted by molar-refractivity contribution is -0.130. The predicted molar refractivity (Wildman–Crippen MR) is 132 cm³/mol. The van der Waals surface area contributed by atoms with Crippen LogP contribution in [0.1, 0.15) is 30.4 Å². The van der Waals surface area contributed by atoms with Crippen LogP contribution in [0.4, 0.5) is 0 Å². The summed E-state index contributed by atoms with van der Waals surface area (Å²) in [6, 6.07) is 14.8. The molecular weight excluding hydrogens is 446 g/mol. The highest BCUT2D eigenvalue weighted by molar-refractivity contribution is 5.96. The maximum absolute atomic E-state index is 13.1. The number of carbonyl (C=O) groups is 4. The molecular formula is C27H31N3O5. The van der Waals surface area contributed by atoms with Gasteiger partial charge < -0.3 is 25.5 Å². The van der Waals surface area contributed by atoms with Crippen LogP contribution in [0.25, 0.3) is 6.08 Å². The fraction of sp³-hybridized carbons (Fsp3) is 0.333. The van der Waals surface area contributed by atoms with Crippen LogP contribution < -0.4 is 20.7 Å². The Kier molecular flexibility index (Phi) is 9.59. The van der Waals surface area contributed by atoms with Crippen molar-refractivity contribution in [3.8, 4) is 5.75 Å². The maximum atomic E-state index is 13.1. The van der Waals surface area contributed by atoms with Gasteiger partial charge in [0.2, 0.25) is 17.7 Å². The van der Waals surface area contributed by atoms with E-state index in [1.165, 1.54) is 6.08 Å². The summed E-state index contributed by atoms with van der Waals surface area (Å²) in [6.07, 6.45) is 5.63. The number of carbonyl (C=O) groups excluding carboxylic acids is 4. The van der Waals surface area contributed by atoms with E-state index in [0.717, 1.165) is 17.5 Å². The lowest BCUT2D eigenvalue weighted by Gasteiger charge is -2.25. The van der Waals surface area contributed by atoms with Crippen molar-refractivity contribution in [2.75, 3.05) is 13.7 Å². The number of amides is 3. The molecule has 184 valence electrons. The molecule has 3 rings (SSSR count). The van der Waals surface area contributed by atoms with Gasteiger partial charge in [-0.1, -0.05) is 42.5 Å². The molecule has 0 bridgehead atoms. The van der Waals surface area contributed by atoms with Crippen molar-refractivity contribution in [3.63, 3.8) is 0 Å². The smallest absolute Gasteiger partial charge is 0.244 e. The molecule has 0 aliphatic carbocycles. The van der Waals surface area contributed by atoms with Crippen LogP contribution in [0.3, 0.4) is 0 Å². The van der Waals surface area contributed by atoms with Gasteiger partial charge in [0.1, 0.15) is 18.1 Å².